The molecule has 7 heteroatoms. The van der Waals surface area contributed by atoms with Crippen molar-refractivity contribution in [2.24, 2.45) is 5.73 Å². The highest BCUT2D eigenvalue weighted by Crippen LogP contribution is 2.23. The number of hydrogen-bond donors (Lipinski definition) is 2. The summed E-state index contributed by atoms with van der Waals surface area (Å²) in [5, 5.41) is 22.0. The van der Waals surface area contributed by atoms with E-state index in [4.69, 9.17) is 11.0 Å². The minimum Gasteiger partial charge on any atom is -0.389 e. The molecule has 0 aliphatic rings. The van der Waals surface area contributed by atoms with Gasteiger partial charge in [0.2, 0.25) is 0 Å². The van der Waals surface area contributed by atoms with Crippen LogP contribution < -0.4 is 11.1 Å². The highest BCUT2D eigenvalue weighted by Gasteiger charge is 2.11. The van der Waals surface area contributed by atoms with Gasteiger partial charge in [-0.05, 0) is 6.07 Å². The quantitative estimate of drug-likeness (QED) is 0.276. The van der Waals surface area contributed by atoms with Crippen molar-refractivity contribution >= 4 is 28.6 Å². The lowest BCUT2D eigenvalue weighted by Gasteiger charge is -2.02. The second kappa shape index (κ2) is 5.58. The van der Waals surface area contributed by atoms with E-state index in [1.165, 1.54) is 18.3 Å². The van der Waals surface area contributed by atoms with Crippen molar-refractivity contribution < 1.29 is 4.92 Å². The van der Waals surface area contributed by atoms with Crippen LogP contribution in [0.15, 0.2) is 36.0 Å². The van der Waals surface area contributed by atoms with Gasteiger partial charge in [0.25, 0.3) is 5.69 Å². The number of nitrogens with one attached hydrogen (secondary N) is 1. The van der Waals surface area contributed by atoms with E-state index in [1.54, 1.807) is 18.2 Å². The average Bonchev–Trinajstić information content (AvgIpc) is 2.29. The predicted octanol–water partition coefficient (Wildman–Crippen LogP) is 1.70. The third kappa shape index (κ3) is 3.25. The maximum absolute atomic E-state index is 10.7. The lowest BCUT2D eigenvalue weighted by Crippen LogP contribution is -2.11. The van der Waals surface area contributed by atoms with E-state index in [2.05, 4.69) is 17.5 Å². The van der Waals surface area contributed by atoms with Crippen molar-refractivity contribution in [2.45, 2.75) is 0 Å². The molecule has 1 rings (SSSR count). The molecule has 0 aliphatic carbocycles. The first-order chi connectivity index (χ1) is 8.06. The summed E-state index contributed by atoms with van der Waals surface area (Å²) in [4.78, 5) is 10.1. The van der Waals surface area contributed by atoms with Crippen LogP contribution in [0.3, 0.4) is 0 Å². The van der Waals surface area contributed by atoms with E-state index in [1.807, 2.05) is 0 Å². The van der Waals surface area contributed by atoms with E-state index < -0.39 is 4.92 Å². The SMILES string of the molecule is N#C/C(=C/Nc1ccccc1[N+](=O)[O-])C(N)=S. The van der Waals surface area contributed by atoms with Crippen molar-refractivity contribution in [2.75, 3.05) is 5.32 Å². The second-order valence-corrected chi connectivity index (χ2v) is 3.39. The minimum absolute atomic E-state index is 0.0538. The summed E-state index contributed by atoms with van der Waals surface area (Å²) < 4.78 is 0. The molecule has 0 atom stereocenters. The Morgan fingerprint density at radius 2 is 2.24 bits per heavy atom. The fourth-order valence-electron chi connectivity index (χ4n) is 1.06. The Morgan fingerprint density at radius 3 is 2.76 bits per heavy atom. The molecule has 0 amide bonds. The van der Waals surface area contributed by atoms with E-state index in [0.717, 1.165) is 0 Å². The average molecular weight is 248 g/mol. The zero-order valence-electron chi connectivity index (χ0n) is 8.58. The third-order valence-electron chi connectivity index (χ3n) is 1.86. The number of nitrogens with zero attached hydrogens (tertiary/aromatic N) is 2. The standard InChI is InChI=1S/C10H8N4O2S/c11-5-7(10(12)17)6-13-8-3-1-2-4-9(8)14(15)16/h1-4,6,13H,(H2,12,17)/b7-6-. The Balaban J connectivity index is 3.01. The third-order valence-corrected chi connectivity index (χ3v) is 2.08. The molecule has 0 fully saturated rings. The molecule has 0 unspecified atom stereocenters. The number of nitro benzene ring substituents is 1. The van der Waals surface area contributed by atoms with Crippen LogP contribution in [-0.2, 0) is 0 Å². The Kier molecular flexibility index (Phi) is 4.14. The van der Waals surface area contributed by atoms with E-state index in [0.29, 0.717) is 0 Å². The number of nitrogens with two attached hydrogens (primary N) is 1. The number of para-hydroxylation sites is 2. The zero-order chi connectivity index (χ0) is 12.8. The zero-order valence-corrected chi connectivity index (χ0v) is 9.40. The molecule has 0 radical (unpaired) electrons. The number of nitriles is 1. The first kappa shape index (κ1) is 12.6. The number of thiocarbonyl (C=S) groups is 1. The van der Waals surface area contributed by atoms with Gasteiger partial charge in [0.1, 0.15) is 22.3 Å². The summed E-state index contributed by atoms with van der Waals surface area (Å²) in [5.74, 6) is 0. The Bertz CT molecular complexity index is 533. The van der Waals surface area contributed by atoms with Crippen LogP contribution in [0.1, 0.15) is 0 Å². The van der Waals surface area contributed by atoms with Crippen LogP contribution in [0, 0.1) is 21.4 Å². The molecule has 1 aromatic rings. The van der Waals surface area contributed by atoms with Gasteiger partial charge in [-0.1, -0.05) is 24.4 Å². The molecule has 0 aliphatic heterocycles. The van der Waals surface area contributed by atoms with Crippen molar-refractivity contribution in [3.8, 4) is 6.07 Å². The number of benzene rings is 1. The van der Waals surface area contributed by atoms with Gasteiger partial charge in [-0.3, -0.25) is 10.1 Å². The normalized spacial score (nSPS) is 10.4. The van der Waals surface area contributed by atoms with E-state index in [9.17, 15) is 10.1 Å². The van der Waals surface area contributed by atoms with Gasteiger partial charge >= 0.3 is 0 Å². The van der Waals surface area contributed by atoms with Crippen LogP contribution >= 0.6 is 12.2 Å². The largest absolute Gasteiger partial charge is 0.389 e. The summed E-state index contributed by atoms with van der Waals surface area (Å²) in [5.41, 5.74) is 5.50. The highest BCUT2D eigenvalue weighted by atomic mass is 32.1. The summed E-state index contributed by atoms with van der Waals surface area (Å²) in [7, 11) is 0. The lowest BCUT2D eigenvalue weighted by molar-refractivity contribution is -0.383. The minimum atomic E-state index is -0.525. The van der Waals surface area contributed by atoms with Crippen LogP contribution in [-0.4, -0.2) is 9.91 Å². The van der Waals surface area contributed by atoms with Crippen molar-refractivity contribution in [3.63, 3.8) is 0 Å². The number of nitro groups is 1. The second-order valence-electron chi connectivity index (χ2n) is 2.95. The molecule has 0 spiro atoms. The van der Waals surface area contributed by atoms with Crippen molar-refractivity contribution in [1.82, 2.24) is 0 Å². The van der Waals surface area contributed by atoms with Crippen LogP contribution in [0.4, 0.5) is 11.4 Å². The van der Waals surface area contributed by atoms with Gasteiger partial charge in [0, 0.05) is 12.3 Å². The fraction of sp³-hybridized carbons (Fsp3) is 0. The number of anilines is 1. The summed E-state index contributed by atoms with van der Waals surface area (Å²) in [6, 6.07) is 7.83. The van der Waals surface area contributed by atoms with Gasteiger partial charge in [-0.2, -0.15) is 5.26 Å². The molecule has 0 aromatic heterocycles. The highest BCUT2D eigenvalue weighted by molar-refractivity contribution is 7.80. The summed E-state index contributed by atoms with van der Waals surface area (Å²) in [6.07, 6.45) is 1.24. The molecule has 6 nitrogen and oxygen atoms in total. The Morgan fingerprint density at radius 1 is 1.59 bits per heavy atom. The smallest absolute Gasteiger partial charge is 0.292 e. The van der Waals surface area contributed by atoms with Gasteiger partial charge in [0.15, 0.2) is 0 Å². The summed E-state index contributed by atoms with van der Waals surface area (Å²) >= 11 is 4.63. The van der Waals surface area contributed by atoms with Gasteiger partial charge < -0.3 is 11.1 Å². The maximum Gasteiger partial charge on any atom is 0.292 e. The molecular weight excluding hydrogens is 240 g/mol. The van der Waals surface area contributed by atoms with Gasteiger partial charge in [-0.25, -0.2) is 0 Å². The molecule has 0 saturated heterocycles. The van der Waals surface area contributed by atoms with Crippen molar-refractivity contribution in [1.29, 1.82) is 5.26 Å². The first-order valence-electron chi connectivity index (χ1n) is 4.46. The molecule has 0 heterocycles. The van der Waals surface area contributed by atoms with Crippen LogP contribution in [0.2, 0.25) is 0 Å². The Labute approximate surface area is 102 Å². The van der Waals surface area contributed by atoms with Gasteiger partial charge in [0.05, 0.1) is 4.92 Å². The predicted molar refractivity (Wildman–Crippen MR) is 67.2 cm³/mol. The molecular formula is C10H8N4O2S. The molecule has 17 heavy (non-hydrogen) atoms. The Hall–Kier alpha value is -2.46. The topological polar surface area (TPSA) is 105 Å². The van der Waals surface area contributed by atoms with Crippen LogP contribution in [0.5, 0.6) is 0 Å². The fourth-order valence-corrected chi connectivity index (χ4v) is 1.17. The monoisotopic (exact) mass is 248 g/mol. The molecule has 0 saturated carbocycles. The summed E-state index contributed by atoms with van der Waals surface area (Å²) in [6.45, 7) is 0. The van der Waals surface area contributed by atoms with Crippen LogP contribution in [0.25, 0.3) is 0 Å². The van der Waals surface area contributed by atoms with Crippen molar-refractivity contribution in [3.05, 3.63) is 46.2 Å². The van der Waals surface area contributed by atoms with Gasteiger partial charge in [-0.15, -0.1) is 0 Å². The lowest BCUT2D eigenvalue weighted by atomic mass is 10.2. The maximum atomic E-state index is 10.7. The number of hydrogen-bond acceptors (Lipinski definition) is 5. The number of rotatable bonds is 4. The molecule has 3 N–H and O–H groups in total. The van der Waals surface area contributed by atoms with E-state index in [-0.39, 0.29) is 21.9 Å². The molecule has 0 bridgehead atoms. The van der Waals surface area contributed by atoms with E-state index >= 15 is 0 Å². The molecule has 1 aromatic carbocycles. The first-order valence-corrected chi connectivity index (χ1v) is 4.87. The molecule has 86 valence electrons.